The fourth-order valence-electron chi connectivity index (χ4n) is 1.55. The third-order valence-electron chi connectivity index (χ3n) is 2.38. The van der Waals surface area contributed by atoms with Crippen LogP contribution in [0.1, 0.15) is 10.4 Å². The lowest BCUT2D eigenvalue weighted by molar-refractivity contribution is 0.0697. The summed E-state index contributed by atoms with van der Waals surface area (Å²) < 4.78 is 12.8. The fourth-order valence-corrected chi connectivity index (χ4v) is 1.87. The molecule has 0 heterocycles. The zero-order valence-corrected chi connectivity index (χ0v) is 9.41. The van der Waals surface area contributed by atoms with Crippen molar-refractivity contribution in [3.05, 3.63) is 58.9 Å². The van der Waals surface area contributed by atoms with Crippen molar-refractivity contribution in [3.63, 3.8) is 0 Å². The van der Waals surface area contributed by atoms with Crippen LogP contribution in [0.5, 0.6) is 0 Å². The highest BCUT2D eigenvalue weighted by atomic mass is 35.5. The first kappa shape index (κ1) is 11.6. The lowest BCUT2D eigenvalue weighted by Gasteiger charge is -2.06. The molecule has 17 heavy (non-hydrogen) atoms. The molecule has 0 aliphatic heterocycles. The van der Waals surface area contributed by atoms with Crippen molar-refractivity contribution in [2.24, 2.45) is 0 Å². The second kappa shape index (κ2) is 4.55. The second-order valence-electron chi connectivity index (χ2n) is 3.48. The molecule has 2 aromatic rings. The molecule has 0 amide bonds. The average molecular weight is 251 g/mol. The Bertz CT molecular complexity index is 564. The van der Waals surface area contributed by atoms with E-state index in [1.807, 2.05) is 0 Å². The van der Waals surface area contributed by atoms with Gasteiger partial charge in [0.1, 0.15) is 5.82 Å². The number of carboxylic acids is 1. The molecule has 0 saturated heterocycles. The number of carbonyl (C=O) groups is 1. The molecule has 0 unspecified atom stereocenters. The highest BCUT2D eigenvalue weighted by Gasteiger charge is 2.12. The summed E-state index contributed by atoms with van der Waals surface area (Å²) in [4.78, 5) is 10.9. The van der Waals surface area contributed by atoms with E-state index in [0.717, 1.165) is 0 Å². The minimum absolute atomic E-state index is 0.0356. The topological polar surface area (TPSA) is 37.3 Å². The van der Waals surface area contributed by atoms with Crippen LogP contribution >= 0.6 is 11.6 Å². The van der Waals surface area contributed by atoms with Gasteiger partial charge in [-0.3, -0.25) is 0 Å². The smallest absolute Gasteiger partial charge is 0.337 e. The van der Waals surface area contributed by atoms with Gasteiger partial charge in [0, 0.05) is 5.56 Å². The van der Waals surface area contributed by atoms with Crippen LogP contribution in [0.2, 0.25) is 5.02 Å². The third kappa shape index (κ3) is 2.29. The van der Waals surface area contributed by atoms with E-state index in [1.54, 1.807) is 24.3 Å². The number of hydrogen-bond donors (Lipinski definition) is 1. The fraction of sp³-hybridized carbons (Fsp3) is 0. The third-order valence-corrected chi connectivity index (χ3v) is 2.79. The van der Waals surface area contributed by atoms with Crippen LogP contribution in [0, 0.1) is 5.82 Å². The molecule has 0 bridgehead atoms. The molecule has 1 N–H and O–H groups in total. The van der Waals surface area contributed by atoms with Crippen molar-refractivity contribution in [1.29, 1.82) is 0 Å². The molecule has 4 heteroatoms. The molecular weight excluding hydrogens is 243 g/mol. The molecular formula is C13H8ClFO2. The van der Waals surface area contributed by atoms with E-state index in [9.17, 15) is 9.18 Å². The van der Waals surface area contributed by atoms with Crippen molar-refractivity contribution in [1.82, 2.24) is 0 Å². The lowest BCUT2D eigenvalue weighted by Crippen LogP contribution is -1.98. The molecule has 0 saturated carbocycles. The Balaban J connectivity index is 2.56. The van der Waals surface area contributed by atoms with Crippen molar-refractivity contribution in [3.8, 4) is 11.1 Å². The first-order valence-electron chi connectivity index (χ1n) is 4.87. The minimum atomic E-state index is -1.08. The number of rotatable bonds is 2. The lowest BCUT2D eigenvalue weighted by atomic mass is 10.0. The molecule has 2 nitrogen and oxygen atoms in total. The van der Waals surface area contributed by atoms with E-state index < -0.39 is 5.97 Å². The monoisotopic (exact) mass is 250 g/mol. The van der Waals surface area contributed by atoms with Gasteiger partial charge in [-0.2, -0.15) is 0 Å². The van der Waals surface area contributed by atoms with Crippen LogP contribution in [-0.2, 0) is 0 Å². The summed E-state index contributed by atoms with van der Waals surface area (Å²) in [6, 6.07) is 10.5. The van der Waals surface area contributed by atoms with Gasteiger partial charge in [-0.25, -0.2) is 9.18 Å². The molecule has 2 aromatic carbocycles. The number of aromatic carboxylic acids is 1. The van der Waals surface area contributed by atoms with E-state index in [4.69, 9.17) is 16.7 Å². The van der Waals surface area contributed by atoms with E-state index >= 15 is 0 Å². The zero-order valence-electron chi connectivity index (χ0n) is 8.65. The summed E-state index contributed by atoms with van der Waals surface area (Å²) in [5, 5.41) is 9.10. The highest BCUT2D eigenvalue weighted by Crippen LogP contribution is 2.30. The Kier molecular flexibility index (Phi) is 3.11. The largest absolute Gasteiger partial charge is 0.478 e. The molecule has 0 fully saturated rings. The predicted molar refractivity (Wildman–Crippen MR) is 63.8 cm³/mol. The van der Waals surface area contributed by atoms with Gasteiger partial charge < -0.3 is 5.11 Å². The summed E-state index contributed by atoms with van der Waals surface area (Å²) in [5.74, 6) is -1.43. The maximum Gasteiger partial charge on any atom is 0.337 e. The van der Waals surface area contributed by atoms with Gasteiger partial charge in [-0.1, -0.05) is 35.9 Å². The zero-order chi connectivity index (χ0) is 12.4. The van der Waals surface area contributed by atoms with E-state index in [-0.39, 0.29) is 16.4 Å². The predicted octanol–water partition coefficient (Wildman–Crippen LogP) is 3.84. The van der Waals surface area contributed by atoms with Crippen molar-refractivity contribution in [2.45, 2.75) is 0 Å². The van der Waals surface area contributed by atoms with Crippen molar-refractivity contribution < 1.29 is 14.3 Å². The molecule has 0 aromatic heterocycles. The summed E-state index contributed by atoms with van der Waals surface area (Å²) >= 11 is 6.00. The Labute approximate surface area is 102 Å². The quantitative estimate of drug-likeness (QED) is 0.879. The van der Waals surface area contributed by atoms with E-state index in [1.165, 1.54) is 18.2 Å². The van der Waals surface area contributed by atoms with Crippen molar-refractivity contribution >= 4 is 17.6 Å². The van der Waals surface area contributed by atoms with Gasteiger partial charge in [-0.05, 0) is 23.8 Å². The van der Waals surface area contributed by atoms with Crippen LogP contribution in [0.3, 0.4) is 0 Å². The Hall–Kier alpha value is -1.87. The van der Waals surface area contributed by atoms with Gasteiger partial charge in [0.15, 0.2) is 0 Å². The number of carboxylic acid groups (broad SMARTS) is 1. The summed E-state index contributed by atoms with van der Waals surface area (Å²) in [6.45, 7) is 0. The van der Waals surface area contributed by atoms with Gasteiger partial charge in [0.25, 0.3) is 0 Å². The Morgan fingerprint density at radius 3 is 2.35 bits per heavy atom. The van der Waals surface area contributed by atoms with Gasteiger partial charge in [0.2, 0.25) is 0 Å². The van der Waals surface area contributed by atoms with Gasteiger partial charge in [0.05, 0.1) is 10.6 Å². The first-order valence-corrected chi connectivity index (χ1v) is 5.25. The molecule has 0 aliphatic carbocycles. The Morgan fingerprint density at radius 2 is 1.76 bits per heavy atom. The maximum atomic E-state index is 12.8. The number of hydrogen-bond acceptors (Lipinski definition) is 1. The molecule has 2 rings (SSSR count). The highest BCUT2D eigenvalue weighted by molar-refractivity contribution is 6.36. The average Bonchev–Trinajstić information content (AvgIpc) is 2.30. The van der Waals surface area contributed by atoms with Crippen LogP contribution in [0.15, 0.2) is 42.5 Å². The van der Waals surface area contributed by atoms with Crippen molar-refractivity contribution in [2.75, 3.05) is 0 Å². The first-order chi connectivity index (χ1) is 8.09. The molecule has 0 atom stereocenters. The molecule has 86 valence electrons. The van der Waals surface area contributed by atoms with E-state index in [2.05, 4.69) is 0 Å². The summed E-state index contributed by atoms with van der Waals surface area (Å²) in [6.07, 6.45) is 0. The molecule has 0 radical (unpaired) electrons. The van der Waals surface area contributed by atoms with Crippen LogP contribution in [0.4, 0.5) is 4.39 Å². The number of halogens is 2. The summed E-state index contributed by atoms with van der Waals surface area (Å²) in [5.41, 5.74) is 1.29. The molecule has 0 aliphatic rings. The van der Waals surface area contributed by atoms with Crippen LogP contribution in [-0.4, -0.2) is 11.1 Å². The second-order valence-corrected chi connectivity index (χ2v) is 3.86. The molecule has 0 spiro atoms. The minimum Gasteiger partial charge on any atom is -0.478 e. The van der Waals surface area contributed by atoms with Gasteiger partial charge >= 0.3 is 5.97 Å². The Morgan fingerprint density at radius 1 is 1.12 bits per heavy atom. The van der Waals surface area contributed by atoms with Crippen LogP contribution in [0.25, 0.3) is 11.1 Å². The van der Waals surface area contributed by atoms with E-state index in [0.29, 0.717) is 11.1 Å². The SMILES string of the molecule is O=C(O)c1cccc(-c2ccc(F)cc2)c1Cl. The summed E-state index contributed by atoms with van der Waals surface area (Å²) in [7, 11) is 0. The standard InChI is InChI=1S/C13H8ClFO2/c14-12-10(2-1-3-11(12)13(16)17)8-4-6-9(15)7-5-8/h1-7H,(H,16,17). The number of benzene rings is 2. The van der Waals surface area contributed by atoms with Crippen LogP contribution < -0.4 is 0 Å². The normalized spacial score (nSPS) is 10.2. The van der Waals surface area contributed by atoms with Gasteiger partial charge in [-0.15, -0.1) is 0 Å². The maximum absolute atomic E-state index is 12.8.